The highest BCUT2D eigenvalue weighted by atomic mass is 32.1. The standard InChI is InChI=1S/C18H24N6S2/c1-12(2)14-11-25-16(23-14)10-22-17(19-3)20-8-9-21-18-24-13-6-4-5-7-15(13)26-18/h4-7,11-12H,8-10H2,1-3H3,(H,21,24)(H2,19,20,22). The molecule has 26 heavy (non-hydrogen) atoms. The summed E-state index contributed by atoms with van der Waals surface area (Å²) >= 11 is 3.35. The molecule has 3 N–H and O–H groups in total. The Hall–Kier alpha value is -2.19. The van der Waals surface area contributed by atoms with E-state index in [-0.39, 0.29) is 0 Å². The number of nitrogens with one attached hydrogen (secondary N) is 3. The lowest BCUT2D eigenvalue weighted by molar-refractivity contribution is 0.787. The van der Waals surface area contributed by atoms with Crippen LogP contribution in [-0.4, -0.2) is 36.1 Å². The maximum atomic E-state index is 4.63. The molecule has 138 valence electrons. The minimum atomic E-state index is 0.464. The number of thiazole rings is 2. The number of hydrogen-bond donors (Lipinski definition) is 3. The molecule has 1 aromatic carbocycles. The first-order valence-electron chi connectivity index (χ1n) is 8.64. The summed E-state index contributed by atoms with van der Waals surface area (Å²) < 4.78 is 1.20. The fourth-order valence-electron chi connectivity index (χ4n) is 2.35. The molecule has 2 heterocycles. The molecule has 0 unspecified atom stereocenters. The number of aliphatic imine (C=N–C) groups is 1. The van der Waals surface area contributed by atoms with E-state index < -0.39 is 0 Å². The van der Waals surface area contributed by atoms with E-state index in [2.05, 4.69) is 56.2 Å². The van der Waals surface area contributed by atoms with Crippen LogP contribution in [0, 0.1) is 0 Å². The van der Waals surface area contributed by atoms with Gasteiger partial charge in [0.05, 0.1) is 22.5 Å². The van der Waals surface area contributed by atoms with Crippen LogP contribution in [0.4, 0.5) is 5.13 Å². The Bertz CT molecular complexity index is 834. The van der Waals surface area contributed by atoms with Gasteiger partial charge in [0.1, 0.15) is 5.01 Å². The number of fused-ring (bicyclic) bond motifs is 1. The third kappa shape index (κ3) is 4.92. The summed E-state index contributed by atoms with van der Waals surface area (Å²) in [7, 11) is 1.78. The van der Waals surface area contributed by atoms with Gasteiger partial charge in [-0.3, -0.25) is 4.99 Å². The van der Waals surface area contributed by atoms with Crippen LogP contribution in [0.3, 0.4) is 0 Å². The molecule has 0 bridgehead atoms. The number of guanidine groups is 1. The highest BCUT2D eigenvalue weighted by molar-refractivity contribution is 7.22. The predicted molar refractivity (Wildman–Crippen MR) is 113 cm³/mol. The first-order valence-corrected chi connectivity index (χ1v) is 10.3. The van der Waals surface area contributed by atoms with Gasteiger partial charge in [-0.05, 0) is 18.1 Å². The van der Waals surface area contributed by atoms with Crippen LogP contribution in [-0.2, 0) is 6.54 Å². The highest BCUT2D eigenvalue weighted by Gasteiger charge is 2.06. The average molecular weight is 389 g/mol. The largest absolute Gasteiger partial charge is 0.360 e. The van der Waals surface area contributed by atoms with Gasteiger partial charge in [0.25, 0.3) is 0 Å². The van der Waals surface area contributed by atoms with Crippen molar-refractivity contribution in [2.45, 2.75) is 26.3 Å². The van der Waals surface area contributed by atoms with Crippen LogP contribution in [0.5, 0.6) is 0 Å². The highest BCUT2D eigenvalue weighted by Crippen LogP contribution is 2.24. The van der Waals surface area contributed by atoms with Crippen molar-refractivity contribution < 1.29 is 0 Å². The first kappa shape index (κ1) is 18.6. The molecule has 3 rings (SSSR count). The van der Waals surface area contributed by atoms with Gasteiger partial charge in [0.2, 0.25) is 0 Å². The van der Waals surface area contributed by atoms with Crippen LogP contribution >= 0.6 is 22.7 Å². The Balaban J connectivity index is 1.41. The first-order chi connectivity index (χ1) is 12.7. The summed E-state index contributed by atoms with van der Waals surface area (Å²) in [4.78, 5) is 13.5. The second kappa shape index (κ2) is 8.95. The van der Waals surface area contributed by atoms with Gasteiger partial charge < -0.3 is 16.0 Å². The maximum Gasteiger partial charge on any atom is 0.191 e. The second-order valence-electron chi connectivity index (χ2n) is 6.09. The van der Waals surface area contributed by atoms with Gasteiger partial charge in [0, 0.05) is 25.5 Å². The van der Waals surface area contributed by atoms with E-state index in [4.69, 9.17) is 0 Å². The van der Waals surface area contributed by atoms with Gasteiger partial charge in [-0.1, -0.05) is 37.3 Å². The third-order valence-corrected chi connectivity index (χ3v) is 5.64. The van der Waals surface area contributed by atoms with Gasteiger partial charge >= 0.3 is 0 Å². The van der Waals surface area contributed by atoms with E-state index in [1.165, 1.54) is 4.70 Å². The molecule has 0 saturated carbocycles. The maximum absolute atomic E-state index is 4.63. The van der Waals surface area contributed by atoms with Crippen LogP contribution < -0.4 is 16.0 Å². The molecule has 0 aliphatic heterocycles. The van der Waals surface area contributed by atoms with Crippen molar-refractivity contribution in [2.75, 3.05) is 25.5 Å². The lowest BCUT2D eigenvalue weighted by Gasteiger charge is -2.11. The van der Waals surface area contributed by atoms with E-state index in [0.717, 1.165) is 40.4 Å². The molecule has 3 aromatic rings. The van der Waals surface area contributed by atoms with E-state index in [1.807, 2.05) is 18.2 Å². The number of benzene rings is 1. The molecule has 0 aliphatic rings. The van der Waals surface area contributed by atoms with Gasteiger partial charge in [0.15, 0.2) is 11.1 Å². The fraction of sp³-hybridized carbons (Fsp3) is 0.389. The second-order valence-corrected chi connectivity index (χ2v) is 8.06. The van der Waals surface area contributed by atoms with E-state index >= 15 is 0 Å². The molecule has 0 spiro atoms. The Labute approximate surface area is 161 Å². The molecule has 0 radical (unpaired) electrons. The number of anilines is 1. The van der Waals surface area contributed by atoms with Gasteiger partial charge in [-0.25, -0.2) is 9.97 Å². The zero-order chi connectivity index (χ0) is 18.4. The van der Waals surface area contributed by atoms with E-state index in [9.17, 15) is 0 Å². The summed E-state index contributed by atoms with van der Waals surface area (Å²) in [5.74, 6) is 1.24. The Kier molecular flexibility index (Phi) is 6.40. The lowest BCUT2D eigenvalue weighted by Crippen LogP contribution is -2.39. The van der Waals surface area contributed by atoms with Crippen LogP contribution in [0.25, 0.3) is 10.2 Å². The van der Waals surface area contributed by atoms with Gasteiger partial charge in [-0.15, -0.1) is 11.3 Å². The van der Waals surface area contributed by atoms with Crippen LogP contribution in [0.15, 0.2) is 34.6 Å². The molecule has 0 atom stereocenters. The molecule has 0 fully saturated rings. The number of hydrogen-bond acceptors (Lipinski definition) is 6. The molecular weight excluding hydrogens is 364 g/mol. The zero-order valence-corrected chi connectivity index (χ0v) is 16.9. The predicted octanol–water partition coefficient (Wildman–Crippen LogP) is 3.65. The number of para-hydroxylation sites is 1. The van der Waals surface area contributed by atoms with E-state index in [1.54, 1.807) is 29.7 Å². The topological polar surface area (TPSA) is 74.2 Å². The smallest absolute Gasteiger partial charge is 0.191 e. The molecular formula is C18H24N6S2. The van der Waals surface area contributed by atoms with Crippen LogP contribution in [0.2, 0.25) is 0 Å². The summed E-state index contributed by atoms with van der Waals surface area (Å²) in [6.45, 7) is 6.53. The summed E-state index contributed by atoms with van der Waals surface area (Å²) in [6, 6.07) is 8.17. The van der Waals surface area contributed by atoms with Crippen molar-refractivity contribution in [1.29, 1.82) is 0 Å². The Morgan fingerprint density at radius 1 is 1.15 bits per heavy atom. The average Bonchev–Trinajstić information content (AvgIpc) is 3.27. The molecule has 0 saturated heterocycles. The normalized spacial score (nSPS) is 11.9. The fourth-order valence-corrected chi connectivity index (χ4v) is 4.14. The molecule has 0 aliphatic carbocycles. The minimum absolute atomic E-state index is 0.464. The number of aromatic nitrogens is 2. The summed E-state index contributed by atoms with van der Waals surface area (Å²) in [5.41, 5.74) is 2.18. The summed E-state index contributed by atoms with van der Waals surface area (Å²) in [5, 5.41) is 14.1. The number of rotatable bonds is 7. The lowest BCUT2D eigenvalue weighted by atomic mass is 10.2. The van der Waals surface area contributed by atoms with Crippen molar-refractivity contribution in [3.05, 3.63) is 40.3 Å². The minimum Gasteiger partial charge on any atom is -0.360 e. The quantitative estimate of drug-likeness (QED) is 0.327. The Morgan fingerprint density at radius 2 is 2.00 bits per heavy atom. The third-order valence-electron chi connectivity index (χ3n) is 3.78. The molecule has 6 nitrogen and oxygen atoms in total. The van der Waals surface area contributed by atoms with Gasteiger partial charge in [-0.2, -0.15) is 0 Å². The SMILES string of the molecule is CN=C(NCCNc1nc2ccccc2s1)NCc1nc(C(C)C)cs1. The van der Waals surface area contributed by atoms with Crippen molar-refractivity contribution >= 4 is 44.0 Å². The van der Waals surface area contributed by atoms with Crippen molar-refractivity contribution in [2.24, 2.45) is 4.99 Å². The monoisotopic (exact) mass is 388 g/mol. The van der Waals surface area contributed by atoms with Crippen molar-refractivity contribution in [1.82, 2.24) is 20.6 Å². The Morgan fingerprint density at radius 3 is 2.73 bits per heavy atom. The molecule has 2 aromatic heterocycles. The summed E-state index contributed by atoms with van der Waals surface area (Å²) in [6.07, 6.45) is 0. The van der Waals surface area contributed by atoms with Crippen molar-refractivity contribution in [3.63, 3.8) is 0 Å². The van der Waals surface area contributed by atoms with Crippen LogP contribution in [0.1, 0.15) is 30.5 Å². The molecule has 0 amide bonds. The van der Waals surface area contributed by atoms with E-state index in [0.29, 0.717) is 12.5 Å². The molecule has 8 heteroatoms. The number of nitrogens with zero attached hydrogens (tertiary/aromatic N) is 3. The zero-order valence-electron chi connectivity index (χ0n) is 15.2. The van der Waals surface area contributed by atoms with Crippen molar-refractivity contribution in [3.8, 4) is 0 Å².